The Labute approximate surface area is 160 Å². The molecule has 3 heterocycles. The minimum atomic E-state index is -4.69. The van der Waals surface area contributed by atoms with E-state index >= 15 is 0 Å². The molecule has 3 aliphatic heterocycles. The van der Waals surface area contributed by atoms with E-state index in [-0.39, 0.29) is 28.5 Å². The smallest absolute Gasteiger partial charge is 0.229 e. The Morgan fingerprint density at radius 1 is 1.04 bits per heavy atom. The third kappa shape index (κ3) is 2.96. The molecule has 0 radical (unpaired) electrons. The average Bonchev–Trinajstić information content (AvgIpc) is 3.32. The van der Waals surface area contributed by atoms with Gasteiger partial charge in [0, 0.05) is 12.1 Å². The van der Waals surface area contributed by atoms with E-state index in [0.29, 0.717) is 25.7 Å². The number of halogens is 3. The second kappa shape index (κ2) is 5.99. The molecule has 0 N–H and O–H groups in total. The van der Waals surface area contributed by atoms with Gasteiger partial charge >= 0.3 is 11.8 Å². The van der Waals surface area contributed by atoms with Crippen LogP contribution in [0.15, 0.2) is 39.4 Å². The van der Waals surface area contributed by atoms with Crippen molar-refractivity contribution in [3.63, 3.8) is 0 Å². The normalized spacial score (nSPS) is 29.2. The molecule has 2 fully saturated rings. The van der Waals surface area contributed by atoms with E-state index in [1.165, 1.54) is 4.31 Å². The van der Waals surface area contributed by atoms with E-state index in [1.807, 2.05) is 0 Å². The van der Waals surface area contributed by atoms with Gasteiger partial charge in [-0.15, -0.1) is 10.2 Å². The molecule has 1 unspecified atom stereocenters. The molecular formula is C16H18F3N3O4S2. The molecule has 0 saturated carbocycles. The molecule has 2 saturated heterocycles. The number of sulfonamides is 1. The van der Waals surface area contributed by atoms with Crippen molar-refractivity contribution in [1.29, 1.82) is 0 Å². The van der Waals surface area contributed by atoms with Crippen LogP contribution < -0.4 is 0 Å². The molecule has 1 spiro atoms. The Balaban J connectivity index is 1.65. The zero-order valence-corrected chi connectivity index (χ0v) is 16.3. The fourth-order valence-corrected chi connectivity index (χ4v) is 8.22. The van der Waals surface area contributed by atoms with E-state index in [2.05, 4.69) is 10.2 Å². The summed E-state index contributed by atoms with van der Waals surface area (Å²) in [7, 11) is -7.39. The number of hydrogen-bond donors (Lipinski definition) is 0. The van der Waals surface area contributed by atoms with E-state index in [4.69, 9.17) is 0 Å². The first-order chi connectivity index (χ1) is 12.9. The van der Waals surface area contributed by atoms with Crippen LogP contribution in [0, 0.1) is 0 Å². The first-order valence-electron chi connectivity index (χ1n) is 8.77. The van der Waals surface area contributed by atoms with Gasteiger partial charge in [-0.05, 0) is 37.8 Å². The van der Waals surface area contributed by atoms with Crippen LogP contribution >= 0.6 is 0 Å². The van der Waals surface area contributed by atoms with Gasteiger partial charge < -0.3 is 0 Å². The zero-order chi connectivity index (χ0) is 20.4. The molecule has 1 aromatic rings. The number of rotatable bonds is 3. The maximum atomic E-state index is 13.2. The van der Waals surface area contributed by atoms with Gasteiger partial charge in [0.05, 0.1) is 21.9 Å². The topological polar surface area (TPSA) is 96.2 Å². The highest BCUT2D eigenvalue weighted by Gasteiger charge is 2.65. The Hall–Kier alpha value is -1.53. The van der Waals surface area contributed by atoms with Crippen molar-refractivity contribution in [2.24, 2.45) is 10.2 Å². The van der Waals surface area contributed by atoms with E-state index < -0.39 is 37.2 Å². The summed E-state index contributed by atoms with van der Waals surface area (Å²) in [5.41, 5.74) is -3.83. The molecule has 1 aromatic carbocycles. The summed E-state index contributed by atoms with van der Waals surface area (Å²) < 4.78 is 91.1. The fourth-order valence-electron chi connectivity index (χ4n) is 4.29. The lowest BCUT2D eigenvalue weighted by atomic mass is 9.94. The quantitative estimate of drug-likeness (QED) is 0.726. The van der Waals surface area contributed by atoms with Gasteiger partial charge in [0.1, 0.15) is 0 Å². The lowest BCUT2D eigenvalue weighted by molar-refractivity contribution is -0.166. The van der Waals surface area contributed by atoms with Crippen molar-refractivity contribution in [3.8, 4) is 0 Å². The van der Waals surface area contributed by atoms with Crippen molar-refractivity contribution < 1.29 is 30.0 Å². The summed E-state index contributed by atoms with van der Waals surface area (Å²) in [5, 5.41) is 6.20. The Kier molecular flexibility index (Phi) is 4.23. The second-order valence-corrected chi connectivity index (χ2v) is 11.5. The highest BCUT2D eigenvalue weighted by Crippen LogP contribution is 2.52. The SMILES string of the molecule is O=S1(=O)CCCC2(CCCN2S(=O)(=O)c2ccc(C3(C(F)(F)F)N=N3)cc2)C1. The molecule has 0 bridgehead atoms. The second-order valence-electron chi connectivity index (χ2n) is 7.50. The minimum absolute atomic E-state index is 0.0455. The van der Waals surface area contributed by atoms with Gasteiger partial charge in [0.15, 0.2) is 9.84 Å². The van der Waals surface area contributed by atoms with Gasteiger partial charge in [-0.3, -0.25) is 0 Å². The molecule has 0 amide bonds. The predicted molar refractivity (Wildman–Crippen MR) is 92.8 cm³/mol. The summed E-state index contributed by atoms with van der Waals surface area (Å²) >= 11 is 0. The van der Waals surface area contributed by atoms with Crippen LogP contribution in [0.1, 0.15) is 31.2 Å². The van der Waals surface area contributed by atoms with Gasteiger partial charge in [0.2, 0.25) is 10.0 Å². The minimum Gasteiger partial charge on any atom is -0.229 e. The first kappa shape index (κ1) is 19.8. The van der Waals surface area contributed by atoms with Crippen LogP contribution in [-0.4, -0.2) is 50.9 Å². The number of alkyl halides is 3. The molecule has 3 aliphatic rings. The molecule has 4 rings (SSSR count). The van der Waals surface area contributed by atoms with Crippen molar-refractivity contribution in [2.75, 3.05) is 18.1 Å². The largest absolute Gasteiger partial charge is 0.442 e. The van der Waals surface area contributed by atoms with Gasteiger partial charge in [-0.2, -0.15) is 17.5 Å². The predicted octanol–water partition coefficient (Wildman–Crippen LogP) is 2.60. The van der Waals surface area contributed by atoms with Crippen molar-refractivity contribution in [1.82, 2.24) is 4.31 Å². The molecule has 154 valence electrons. The summed E-state index contributed by atoms with van der Waals surface area (Å²) in [6, 6.07) is 4.32. The summed E-state index contributed by atoms with van der Waals surface area (Å²) in [6.07, 6.45) is -2.84. The maximum absolute atomic E-state index is 13.2. The Bertz CT molecular complexity index is 1030. The van der Waals surface area contributed by atoms with Crippen molar-refractivity contribution in [2.45, 2.75) is 48.0 Å². The molecular weight excluding hydrogens is 419 g/mol. The van der Waals surface area contributed by atoms with Crippen LogP contribution in [-0.2, 0) is 25.5 Å². The third-order valence-corrected chi connectivity index (χ3v) is 9.56. The lowest BCUT2D eigenvalue weighted by Crippen LogP contribution is -2.54. The number of sulfone groups is 1. The maximum Gasteiger partial charge on any atom is 0.442 e. The van der Waals surface area contributed by atoms with E-state index in [0.717, 1.165) is 24.3 Å². The zero-order valence-electron chi connectivity index (χ0n) is 14.7. The molecule has 0 aliphatic carbocycles. The van der Waals surface area contributed by atoms with Gasteiger partial charge in [0.25, 0.3) is 0 Å². The Morgan fingerprint density at radius 2 is 1.64 bits per heavy atom. The monoisotopic (exact) mass is 437 g/mol. The molecule has 12 heteroatoms. The first-order valence-corrected chi connectivity index (χ1v) is 12.0. The van der Waals surface area contributed by atoms with Crippen LogP contribution in [0.4, 0.5) is 13.2 Å². The Morgan fingerprint density at radius 3 is 2.18 bits per heavy atom. The van der Waals surface area contributed by atoms with Crippen molar-refractivity contribution >= 4 is 19.9 Å². The lowest BCUT2D eigenvalue weighted by Gasteiger charge is -2.40. The summed E-state index contributed by atoms with van der Waals surface area (Å²) in [4.78, 5) is -0.168. The molecule has 0 aromatic heterocycles. The summed E-state index contributed by atoms with van der Waals surface area (Å²) in [5.74, 6) is -0.171. The molecule has 28 heavy (non-hydrogen) atoms. The van der Waals surface area contributed by atoms with E-state index in [9.17, 15) is 30.0 Å². The standard InChI is InChI=1S/C16H18F3N3O4S2/c17-16(18,19)15(20-21-15)12-3-5-13(6-4-12)28(25,26)22-9-1-7-14(22)8-2-10-27(23,24)11-14/h3-6H,1-2,7-11H2. The van der Waals surface area contributed by atoms with Crippen LogP contribution in [0.5, 0.6) is 0 Å². The van der Waals surface area contributed by atoms with Crippen molar-refractivity contribution in [3.05, 3.63) is 29.8 Å². The van der Waals surface area contributed by atoms with Gasteiger partial charge in [-0.25, -0.2) is 16.8 Å². The fraction of sp³-hybridized carbons (Fsp3) is 0.625. The molecule has 7 nitrogen and oxygen atoms in total. The van der Waals surface area contributed by atoms with E-state index in [1.54, 1.807) is 0 Å². The van der Waals surface area contributed by atoms with Crippen LogP contribution in [0.3, 0.4) is 0 Å². The highest BCUT2D eigenvalue weighted by atomic mass is 32.2. The van der Waals surface area contributed by atoms with Crippen LogP contribution in [0.25, 0.3) is 0 Å². The summed E-state index contributed by atoms with van der Waals surface area (Å²) in [6.45, 7) is 0.191. The average molecular weight is 437 g/mol. The van der Waals surface area contributed by atoms with Crippen LogP contribution in [0.2, 0.25) is 0 Å². The number of benzene rings is 1. The molecule has 1 atom stereocenters. The van der Waals surface area contributed by atoms with Gasteiger partial charge in [-0.1, -0.05) is 12.1 Å². The number of hydrogen-bond acceptors (Lipinski definition) is 6. The number of nitrogens with zero attached hydrogens (tertiary/aromatic N) is 3. The third-order valence-electron chi connectivity index (χ3n) is 5.66. The highest BCUT2D eigenvalue weighted by molar-refractivity contribution is 7.91.